The van der Waals surface area contributed by atoms with Gasteiger partial charge in [0.25, 0.3) is 0 Å². The van der Waals surface area contributed by atoms with Gasteiger partial charge in [-0.3, -0.25) is 0 Å². The van der Waals surface area contributed by atoms with Crippen LogP contribution in [-0.4, -0.2) is 25.9 Å². The van der Waals surface area contributed by atoms with Crippen LogP contribution in [0, 0.1) is 0 Å². The van der Waals surface area contributed by atoms with Crippen molar-refractivity contribution in [1.82, 2.24) is 0 Å². The number of rotatable bonds is 4. The summed E-state index contributed by atoms with van der Waals surface area (Å²) in [6.07, 6.45) is 1.70. The van der Waals surface area contributed by atoms with Gasteiger partial charge in [-0.2, -0.15) is 0 Å². The van der Waals surface area contributed by atoms with E-state index in [0.717, 1.165) is 5.56 Å². The summed E-state index contributed by atoms with van der Waals surface area (Å²) in [6.45, 7) is 0. The second-order valence-electron chi connectivity index (χ2n) is 4.83. The Kier molecular flexibility index (Phi) is 4.10. The van der Waals surface area contributed by atoms with E-state index >= 15 is 0 Å². The molecule has 0 atom stereocenters. The zero-order valence-electron chi connectivity index (χ0n) is 12.8. The van der Waals surface area contributed by atoms with E-state index < -0.39 is 5.97 Å². The molecule has 1 aliphatic heterocycles. The summed E-state index contributed by atoms with van der Waals surface area (Å²) in [5, 5.41) is 3.89. The fourth-order valence-electron chi connectivity index (χ4n) is 2.39. The molecule has 0 aromatic heterocycles. The molecular formula is C18H15NO4. The minimum Gasteiger partial charge on any atom is -0.493 e. The average Bonchev–Trinajstić information content (AvgIpc) is 2.96. The number of para-hydroxylation sites is 1. The van der Waals surface area contributed by atoms with Crippen molar-refractivity contribution < 1.29 is 19.1 Å². The minimum absolute atomic E-state index is 0.378. The number of benzene rings is 2. The average molecular weight is 309 g/mol. The maximum atomic E-state index is 12.0. The van der Waals surface area contributed by atoms with E-state index in [1.807, 2.05) is 42.5 Å². The Morgan fingerprint density at radius 1 is 1.00 bits per heavy atom. The minimum atomic E-state index is -0.492. The van der Waals surface area contributed by atoms with Crippen molar-refractivity contribution >= 4 is 17.8 Å². The van der Waals surface area contributed by atoms with Crippen LogP contribution >= 0.6 is 0 Å². The molecule has 2 aromatic rings. The van der Waals surface area contributed by atoms with Gasteiger partial charge >= 0.3 is 5.97 Å². The van der Waals surface area contributed by atoms with E-state index in [-0.39, 0.29) is 0 Å². The summed E-state index contributed by atoms with van der Waals surface area (Å²) >= 11 is 0. The molecule has 0 saturated heterocycles. The van der Waals surface area contributed by atoms with Crippen molar-refractivity contribution in [2.75, 3.05) is 14.2 Å². The fraction of sp³-hybridized carbons (Fsp3) is 0.111. The molecule has 0 saturated carbocycles. The number of carbonyl (C=O) groups is 1. The Labute approximate surface area is 133 Å². The van der Waals surface area contributed by atoms with Gasteiger partial charge < -0.3 is 14.3 Å². The molecule has 2 aromatic carbocycles. The SMILES string of the molecule is COc1cccc(/C=C2\C(=O)ON=C2c2ccccc2)c1OC. The van der Waals surface area contributed by atoms with E-state index in [0.29, 0.717) is 28.3 Å². The van der Waals surface area contributed by atoms with E-state index in [2.05, 4.69) is 5.16 Å². The first-order chi connectivity index (χ1) is 11.2. The standard InChI is InChI=1S/C18H15NO4/c1-21-15-10-6-9-13(17(15)22-2)11-14-16(19-23-18(14)20)12-7-4-3-5-8-12/h3-11H,1-2H3/b14-11-. The molecule has 0 fully saturated rings. The van der Waals surface area contributed by atoms with Gasteiger partial charge in [-0.15, -0.1) is 0 Å². The Bertz CT molecular complexity index is 794. The van der Waals surface area contributed by atoms with Crippen molar-refractivity contribution in [1.29, 1.82) is 0 Å². The highest BCUT2D eigenvalue weighted by atomic mass is 16.7. The van der Waals surface area contributed by atoms with Crippen LogP contribution in [0.4, 0.5) is 0 Å². The quantitative estimate of drug-likeness (QED) is 0.643. The lowest BCUT2D eigenvalue weighted by Crippen LogP contribution is -2.07. The number of carbonyl (C=O) groups excluding carboxylic acids is 1. The summed E-state index contributed by atoms with van der Waals surface area (Å²) in [5.74, 6) is 0.648. The molecule has 1 heterocycles. The molecule has 0 radical (unpaired) electrons. The van der Waals surface area contributed by atoms with Crippen LogP contribution in [0.3, 0.4) is 0 Å². The predicted molar refractivity (Wildman–Crippen MR) is 86.6 cm³/mol. The summed E-state index contributed by atoms with van der Waals surface area (Å²) < 4.78 is 10.7. The van der Waals surface area contributed by atoms with Crippen LogP contribution in [0.2, 0.25) is 0 Å². The van der Waals surface area contributed by atoms with Gasteiger partial charge in [0.15, 0.2) is 11.5 Å². The van der Waals surface area contributed by atoms with Crippen LogP contribution in [0.25, 0.3) is 6.08 Å². The third-order valence-corrected chi connectivity index (χ3v) is 3.48. The number of ether oxygens (including phenoxy) is 2. The molecule has 0 amide bonds. The fourth-order valence-corrected chi connectivity index (χ4v) is 2.39. The topological polar surface area (TPSA) is 57.1 Å². The Morgan fingerprint density at radius 2 is 1.78 bits per heavy atom. The van der Waals surface area contributed by atoms with Gasteiger partial charge in [-0.1, -0.05) is 47.6 Å². The highest BCUT2D eigenvalue weighted by Crippen LogP contribution is 2.33. The van der Waals surface area contributed by atoms with Crippen molar-refractivity contribution in [2.24, 2.45) is 5.16 Å². The van der Waals surface area contributed by atoms with Gasteiger partial charge in [-0.05, 0) is 12.1 Å². The lowest BCUT2D eigenvalue weighted by Gasteiger charge is -2.10. The lowest BCUT2D eigenvalue weighted by molar-refractivity contribution is -0.136. The van der Waals surface area contributed by atoms with E-state index in [1.54, 1.807) is 26.4 Å². The Hall–Kier alpha value is -3.08. The predicted octanol–water partition coefficient (Wildman–Crippen LogP) is 3.05. The summed E-state index contributed by atoms with van der Waals surface area (Å²) in [7, 11) is 3.12. The molecule has 1 aliphatic rings. The first-order valence-electron chi connectivity index (χ1n) is 7.02. The van der Waals surface area contributed by atoms with Crippen molar-refractivity contribution in [2.45, 2.75) is 0 Å². The molecular weight excluding hydrogens is 294 g/mol. The highest BCUT2D eigenvalue weighted by Gasteiger charge is 2.27. The maximum absolute atomic E-state index is 12.0. The monoisotopic (exact) mass is 309 g/mol. The smallest absolute Gasteiger partial charge is 0.368 e. The third-order valence-electron chi connectivity index (χ3n) is 3.48. The Balaban J connectivity index is 2.08. The molecule has 5 heteroatoms. The third kappa shape index (κ3) is 2.81. The first kappa shape index (κ1) is 14.8. The molecule has 0 N–H and O–H groups in total. The summed E-state index contributed by atoms with van der Waals surface area (Å²) in [5.41, 5.74) is 2.40. The summed E-state index contributed by atoms with van der Waals surface area (Å²) in [4.78, 5) is 16.9. The Morgan fingerprint density at radius 3 is 2.48 bits per heavy atom. The maximum Gasteiger partial charge on any atom is 0.368 e. The number of hydrogen-bond acceptors (Lipinski definition) is 5. The molecule has 0 unspecified atom stereocenters. The molecule has 23 heavy (non-hydrogen) atoms. The van der Waals surface area contributed by atoms with Gasteiger partial charge in [0.05, 0.1) is 19.8 Å². The molecule has 0 spiro atoms. The molecule has 0 aliphatic carbocycles. The van der Waals surface area contributed by atoms with Gasteiger partial charge in [0.1, 0.15) is 5.71 Å². The second-order valence-corrected chi connectivity index (χ2v) is 4.83. The van der Waals surface area contributed by atoms with Gasteiger partial charge in [0, 0.05) is 11.1 Å². The van der Waals surface area contributed by atoms with E-state index in [4.69, 9.17) is 14.3 Å². The van der Waals surface area contributed by atoms with E-state index in [1.165, 1.54) is 0 Å². The van der Waals surface area contributed by atoms with Crippen LogP contribution in [0.5, 0.6) is 11.5 Å². The molecule has 5 nitrogen and oxygen atoms in total. The highest BCUT2D eigenvalue weighted by molar-refractivity contribution is 6.31. The van der Waals surface area contributed by atoms with Gasteiger partial charge in [0.2, 0.25) is 0 Å². The number of hydrogen-bond donors (Lipinski definition) is 0. The van der Waals surface area contributed by atoms with Crippen molar-refractivity contribution in [3.8, 4) is 11.5 Å². The molecule has 0 bridgehead atoms. The van der Waals surface area contributed by atoms with Crippen LogP contribution in [0.1, 0.15) is 11.1 Å². The normalized spacial score (nSPS) is 15.3. The van der Waals surface area contributed by atoms with Crippen molar-refractivity contribution in [3.05, 3.63) is 65.2 Å². The first-order valence-corrected chi connectivity index (χ1v) is 7.02. The number of oxime groups is 1. The second kappa shape index (κ2) is 6.36. The van der Waals surface area contributed by atoms with Crippen LogP contribution in [-0.2, 0) is 9.63 Å². The largest absolute Gasteiger partial charge is 0.493 e. The summed E-state index contributed by atoms with van der Waals surface area (Å²) in [6, 6.07) is 14.9. The number of nitrogens with zero attached hydrogens (tertiary/aromatic N) is 1. The lowest BCUT2D eigenvalue weighted by atomic mass is 10.0. The molecule has 3 rings (SSSR count). The number of methoxy groups -OCH3 is 2. The molecule has 116 valence electrons. The van der Waals surface area contributed by atoms with Crippen LogP contribution < -0.4 is 9.47 Å². The van der Waals surface area contributed by atoms with E-state index in [9.17, 15) is 4.79 Å². The zero-order chi connectivity index (χ0) is 16.2. The van der Waals surface area contributed by atoms with Gasteiger partial charge in [-0.25, -0.2) is 4.79 Å². The van der Waals surface area contributed by atoms with Crippen LogP contribution in [0.15, 0.2) is 59.3 Å². The van der Waals surface area contributed by atoms with Crippen molar-refractivity contribution in [3.63, 3.8) is 0 Å². The zero-order valence-corrected chi connectivity index (χ0v) is 12.8.